The number of carbonyl (C=O) groups excluding carboxylic acids is 1. The molecule has 0 fully saturated rings. The maximum absolute atomic E-state index is 12.1. The highest BCUT2D eigenvalue weighted by atomic mass is 35.5. The third-order valence-electron chi connectivity index (χ3n) is 3.80. The summed E-state index contributed by atoms with van der Waals surface area (Å²) < 4.78 is 0. The van der Waals surface area contributed by atoms with Gasteiger partial charge in [-0.25, -0.2) is 10.4 Å². The van der Waals surface area contributed by atoms with E-state index in [0.717, 1.165) is 21.8 Å². The van der Waals surface area contributed by atoms with E-state index in [1.807, 2.05) is 72.9 Å². The Kier molecular flexibility index (Phi) is 6.21. The summed E-state index contributed by atoms with van der Waals surface area (Å²) in [7, 11) is 3.97. The molecule has 0 saturated carbocycles. The average Bonchev–Trinajstić information content (AvgIpc) is 3.11. The lowest BCUT2D eigenvalue weighted by Crippen LogP contribution is -2.19. The van der Waals surface area contributed by atoms with Gasteiger partial charge in [0.2, 0.25) is 5.91 Å². The first kappa shape index (κ1) is 19.1. The van der Waals surface area contributed by atoms with Gasteiger partial charge in [0.25, 0.3) is 0 Å². The summed E-state index contributed by atoms with van der Waals surface area (Å²) in [5, 5.41) is 7.44. The zero-order valence-corrected chi connectivity index (χ0v) is 16.6. The van der Waals surface area contributed by atoms with Gasteiger partial charge in [0.1, 0.15) is 5.01 Å². The highest BCUT2D eigenvalue weighted by Gasteiger charge is 2.08. The Balaban J connectivity index is 1.54. The van der Waals surface area contributed by atoms with E-state index in [1.54, 1.807) is 6.21 Å². The van der Waals surface area contributed by atoms with E-state index in [9.17, 15) is 4.79 Å². The molecule has 3 aromatic rings. The van der Waals surface area contributed by atoms with Crippen LogP contribution in [0, 0.1) is 0 Å². The fourth-order valence-electron chi connectivity index (χ4n) is 2.35. The Morgan fingerprint density at radius 2 is 1.89 bits per heavy atom. The van der Waals surface area contributed by atoms with Crippen molar-refractivity contribution in [1.82, 2.24) is 10.4 Å². The average molecular weight is 399 g/mol. The minimum Gasteiger partial charge on any atom is -0.378 e. The predicted octanol–water partition coefficient (Wildman–Crippen LogP) is 4.22. The van der Waals surface area contributed by atoms with Crippen LogP contribution in [0.5, 0.6) is 0 Å². The van der Waals surface area contributed by atoms with Crippen LogP contribution in [0.4, 0.5) is 5.69 Å². The molecule has 1 amide bonds. The normalized spacial score (nSPS) is 10.9. The highest BCUT2D eigenvalue weighted by molar-refractivity contribution is 7.13. The van der Waals surface area contributed by atoms with Gasteiger partial charge in [0.15, 0.2) is 0 Å². The summed E-state index contributed by atoms with van der Waals surface area (Å²) in [4.78, 5) is 18.6. The summed E-state index contributed by atoms with van der Waals surface area (Å²) in [5.41, 5.74) is 6.26. The third-order valence-corrected chi connectivity index (χ3v) is 4.99. The first-order valence-corrected chi connectivity index (χ1v) is 9.56. The Hall–Kier alpha value is -2.70. The largest absolute Gasteiger partial charge is 0.378 e. The molecule has 0 aliphatic heterocycles. The van der Waals surface area contributed by atoms with Gasteiger partial charge >= 0.3 is 0 Å². The molecule has 138 valence electrons. The van der Waals surface area contributed by atoms with Gasteiger partial charge in [-0.2, -0.15) is 5.10 Å². The molecule has 0 aliphatic carbocycles. The van der Waals surface area contributed by atoms with Crippen LogP contribution in [0.3, 0.4) is 0 Å². The molecule has 5 nitrogen and oxygen atoms in total. The van der Waals surface area contributed by atoms with Crippen LogP contribution >= 0.6 is 22.9 Å². The van der Waals surface area contributed by atoms with Gasteiger partial charge in [-0.1, -0.05) is 35.9 Å². The predicted molar refractivity (Wildman–Crippen MR) is 113 cm³/mol. The van der Waals surface area contributed by atoms with E-state index in [0.29, 0.717) is 10.7 Å². The molecule has 0 radical (unpaired) electrons. The number of anilines is 1. The zero-order chi connectivity index (χ0) is 19.2. The second-order valence-electron chi connectivity index (χ2n) is 6.11. The highest BCUT2D eigenvalue weighted by Crippen LogP contribution is 2.25. The van der Waals surface area contributed by atoms with E-state index in [-0.39, 0.29) is 12.3 Å². The lowest BCUT2D eigenvalue weighted by Gasteiger charge is -2.11. The van der Waals surface area contributed by atoms with Gasteiger partial charge in [-0.3, -0.25) is 4.79 Å². The maximum Gasteiger partial charge on any atom is 0.246 e. The quantitative estimate of drug-likeness (QED) is 0.499. The number of hydrazone groups is 1. The summed E-state index contributed by atoms with van der Waals surface area (Å²) in [6.07, 6.45) is 1.80. The van der Waals surface area contributed by atoms with Gasteiger partial charge in [0, 0.05) is 35.7 Å². The van der Waals surface area contributed by atoms with Gasteiger partial charge in [-0.15, -0.1) is 11.3 Å². The van der Waals surface area contributed by atoms with E-state index in [2.05, 4.69) is 15.5 Å². The molecule has 3 rings (SSSR count). The van der Waals surface area contributed by atoms with Crippen LogP contribution in [0.1, 0.15) is 11.3 Å². The smallest absolute Gasteiger partial charge is 0.246 e. The Labute approximate surface area is 167 Å². The number of hydrogen-bond acceptors (Lipinski definition) is 5. The fraction of sp³-hybridized carbons (Fsp3) is 0.150. The minimum absolute atomic E-state index is 0.182. The molecule has 0 spiro atoms. The topological polar surface area (TPSA) is 57.6 Å². The van der Waals surface area contributed by atoms with Crippen molar-refractivity contribution in [1.29, 1.82) is 0 Å². The lowest BCUT2D eigenvalue weighted by atomic mass is 10.2. The molecule has 27 heavy (non-hydrogen) atoms. The van der Waals surface area contributed by atoms with Gasteiger partial charge in [0.05, 0.1) is 18.3 Å². The SMILES string of the molecule is CN(C)c1ccc(C=NNC(=O)Cc2csc(-c3ccc(Cl)cc3)n2)cc1. The molecule has 7 heteroatoms. The van der Waals surface area contributed by atoms with Crippen LogP contribution < -0.4 is 10.3 Å². The maximum atomic E-state index is 12.1. The van der Waals surface area contributed by atoms with Crippen molar-refractivity contribution >= 4 is 40.7 Å². The molecule has 1 heterocycles. The zero-order valence-electron chi connectivity index (χ0n) is 15.0. The molecule has 2 aromatic carbocycles. The van der Waals surface area contributed by atoms with E-state index in [4.69, 9.17) is 11.6 Å². The van der Waals surface area contributed by atoms with Crippen molar-refractivity contribution < 1.29 is 4.79 Å². The first-order valence-electron chi connectivity index (χ1n) is 8.31. The number of nitrogens with zero attached hydrogens (tertiary/aromatic N) is 3. The van der Waals surface area contributed by atoms with Crippen molar-refractivity contribution in [2.24, 2.45) is 5.10 Å². The lowest BCUT2D eigenvalue weighted by molar-refractivity contribution is -0.120. The summed E-state index contributed by atoms with van der Waals surface area (Å²) >= 11 is 7.40. The number of rotatable bonds is 6. The van der Waals surface area contributed by atoms with Crippen molar-refractivity contribution in [3.63, 3.8) is 0 Å². The number of carbonyl (C=O) groups is 1. The molecule has 0 saturated heterocycles. The van der Waals surface area contributed by atoms with Crippen molar-refractivity contribution in [3.8, 4) is 10.6 Å². The second kappa shape index (κ2) is 8.79. The second-order valence-corrected chi connectivity index (χ2v) is 7.40. The number of amides is 1. The van der Waals surface area contributed by atoms with E-state index < -0.39 is 0 Å². The molecule has 1 N–H and O–H groups in total. The Morgan fingerprint density at radius 3 is 2.56 bits per heavy atom. The Morgan fingerprint density at radius 1 is 1.19 bits per heavy atom. The van der Waals surface area contributed by atoms with Crippen LogP contribution in [0.2, 0.25) is 5.02 Å². The van der Waals surface area contributed by atoms with E-state index in [1.165, 1.54) is 11.3 Å². The summed E-state index contributed by atoms with van der Waals surface area (Å²) in [6, 6.07) is 15.4. The fourth-order valence-corrected chi connectivity index (χ4v) is 3.31. The van der Waals surface area contributed by atoms with Gasteiger partial charge < -0.3 is 4.90 Å². The Bertz CT molecular complexity index is 933. The van der Waals surface area contributed by atoms with Crippen LogP contribution in [0.25, 0.3) is 10.6 Å². The van der Waals surface area contributed by atoms with Crippen molar-refractivity contribution in [2.45, 2.75) is 6.42 Å². The number of nitrogens with one attached hydrogen (secondary N) is 1. The van der Waals surface area contributed by atoms with Crippen LogP contribution in [-0.2, 0) is 11.2 Å². The van der Waals surface area contributed by atoms with Crippen molar-refractivity contribution in [2.75, 3.05) is 19.0 Å². The number of benzene rings is 2. The molecule has 0 aliphatic rings. The molecular formula is C20H19ClN4OS. The number of halogens is 1. The number of thiazole rings is 1. The first-order chi connectivity index (χ1) is 13.0. The molecule has 0 atom stereocenters. The number of hydrogen-bond donors (Lipinski definition) is 1. The van der Waals surface area contributed by atoms with Crippen LogP contribution in [0.15, 0.2) is 59.0 Å². The standard InChI is InChI=1S/C20H19ClN4OS/c1-25(2)18-9-3-14(4-10-18)12-22-24-19(26)11-17-13-27-20(23-17)15-5-7-16(21)8-6-15/h3-10,12-13H,11H2,1-2H3,(H,24,26). The third kappa shape index (κ3) is 5.39. The monoisotopic (exact) mass is 398 g/mol. The van der Waals surface area contributed by atoms with Crippen LogP contribution in [-0.4, -0.2) is 31.2 Å². The summed E-state index contributed by atoms with van der Waals surface area (Å²) in [6.45, 7) is 0. The molecule has 1 aromatic heterocycles. The molecule has 0 unspecified atom stereocenters. The number of aromatic nitrogens is 1. The van der Waals surface area contributed by atoms with E-state index >= 15 is 0 Å². The minimum atomic E-state index is -0.205. The van der Waals surface area contributed by atoms with Gasteiger partial charge in [-0.05, 0) is 29.8 Å². The van der Waals surface area contributed by atoms with Crippen molar-refractivity contribution in [3.05, 3.63) is 70.2 Å². The molecular weight excluding hydrogens is 380 g/mol. The summed E-state index contributed by atoms with van der Waals surface area (Å²) in [5.74, 6) is -0.205. The molecule has 0 bridgehead atoms.